The highest BCUT2D eigenvalue weighted by Crippen LogP contribution is 2.42. The number of hydrogen-bond donors (Lipinski definition) is 6. The van der Waals surface area contributed by atoms with Gasteiger partial charge in [-0.15, -0.1) is 0 Å². The minimum atomic E-state index is -2.10. The van der Waals surface area contributed by atoms with Crippen LogP contribution in [-0.2, 0) is 24.0 Å². The van der Waals surface area contributed by atoms with Gasteiger partial charge in [-0.05, 0) is 72.7 Å². The molecule has 250 valence electrons. The number of phenolic OH excluding ortho intramolecular Hbond substituents is 1. The van der Waals surface area contributed by atoms with E-state index < -0.39 is 48.4 Å². The second kappa shape index (κ2) is 13.3. The van der Waals surface area contributed by atoms with E-state index in [1.807, 2.05) is 30.3 Å². The molecule has 0 bridgehead atoms. The summed E-state index contributed by atoms with van der Waals surface area (Å²) < 4.78 is 17.1. The van der Waals surface area contributed by atoms with E-state index in [1.54, 1.807) is 18.2 Å². The van der Waals surface area contributed by atoms with Gasteiger partial charge in [-0.3, -0.25) is 9.59 Å². The Labute approximate surface area is 276 Å². The zero-order valence-electron chi connectivity index (χ0n) is 26.1. The van der Waals surface area contributed by atoms with Crippen LogP contribution in [0.15, 0.2) is 72.9 Å². The second-order valence-corrected chi connectivity index (χ2v) is 12.0. The molecule has 2 aliphatic rings. The topological polar surface area (TPSA) is 202 Å². The van der Waals surface area contributed by atoms with Gasteiger partial charge >= 0.3 is 0 Å². The fourth-order valence-electron chi connectivity index (χ4n) is 6.39. The highest BCUT2D eigenvalue weighted by molar-refractivity contribution is 6.30. The quantitative estimate of drug-likeness (QED) is 0.128. The zero-order valence-corrected chi connectivity index (χ0v) is 26.1. The Kier molecular flexibility index (Phi) is 9.19. The Hall–Kier alpha value is -4.85. The van der Waals surface area contributed by atoms with Gasteiger partial charge in [-0.2, -0.15) is 0 Å². The van der Waals surface area contributed by atoms with Crippen LogP contribution in [0.1, 0.15) is 55.0 Å². The van der Waals surface area contributed by atoms with E-state index in [-0.39, 0.29) is 58.2 Å². The fourth-order valence-corrected chi connectivity index (χ4v) is 6.39. The summed E-state index contributed by atoms with van der Waals surface area (Å²) in [6.07, 6.45) is -4.08. The van der Waals surface area contributed by atoms with Crippen LogP contribution >= 0.6 is 0 Å². The molecule has 1 saturated heterocycles. The molecular formula is C36H36N2O10. The molecule has 12 nitrogen and oxygen atoms in total. The molecule has 2 heterocycles. The van der Waals surface area contributed by atoms with E-state index in [1.165, 1.54) is 31.5 Å². The number of aliphatic hydroxyl groups excluding tert-OH is 3. The molecule has 1 aliphatic carbocycles. The molecule has 5 atom stereocenters. The first-order chi connectivity index (χ1) is 23.0. The first kappa shape index (κ1) is 33.1. The number of nitrogens with two attached hydrogens (primary N) is 1. The number of fused-ring (bicyclic) bond motifs is 2. The molecule has 4 aromatic rings. The molecule has 12 heteroatoms. The molecule has 7 N–H and O–H groups in total. The predicted octanol–water partition coefficient (Wildman–Crippen LogP) is 2.12. The molecule has 0 amide bonds. The van der Waals surface area contributed by atoms with Crippen LogP contribution in [-0.4, -0.2) is 86.0 Å². The number of rotatable bonds is 10. The van der Waals surface area contributed by atoms with Gasteiger partial charge in [0.1, 0.15) is 47.0 Å². The van der Waals surface area contributed by atoms with Gasteiger partial charge in [0.05, 0.1) is 24.8 Å². The number of methoxy groups -OCH3 is 1. The third kappa shape index (κ3) is 6.12. The minimum Gasteiger partial charge on any atom is -0.507 e. The highest BCUT2D eigenvalue weighted by atomic mass is 16.7. The number of anilines is 1. The molecule has 6 rings (SSSR count). The molecule has 1 fully saturated rings. The first-order valence-corrected chi connectivity index (χ1v) is 15.5. The molecule has 1 aliphatic heterocycles. The number of aromatic nitrogens is 1. The molecule has 5 unspecified atom stereocenters. The van der Waals surface area contributed by atoms with Crippen LogP contribution in [0.2, 0.25) is 0 Å². The van der Waals surface area contributed by atoms with Crippen molar-refractivity contribution in [2.75, 3.05) is 19.5 Å². The van der Waals surface area contributed by atoms with Crippen molar-refractivity contribution in [2.45, 2.75) is 55.9 Å². The lowest BCUT2D eigenvalue weighted by Gasteiger charge is -2.47. The molecule has 1 aromatic heterocycles. The summed E-state index contributed by atoms with van der Waals surface area (Å²) in [7, 11) is 1.36. The van der Waals surface area contributed by atoms with Crippen LogP contribution in [0.25, 0.3) is 0 Å². The van der Waals surface area contributed by atoms with E-state index in [4.69, 9.17) is 19.9 Å². The third-order valence-electron chi connectivity index (χ3n) is 9.02. The lowest BCUT2D eigenvalue weighted by molar-refractivity contribution is -0.314. The Bertz CT molecular complexity index is 1840. The van der Waals surface area contributed by atoms with Gasteiger partial charge < -0.3 is 45.5 Å². The lowest BCUT2D eigenvalue weighted by atomic mass is 9.80. The molecule has 3 aromatic carbocycles. The number of benzene rings is 3. The lowest BCUT2D eigenvalue weighted by Crippen LogP contribution is -2.68. The van der Waals surface area contributed by atoms with Crippen molar-refractivity contribution in [3.8, 4) is 17.2 Å². The monoisotopic (exact) mass is 656 g/mol. The number of aromatic hydroxyl groups is 1. The predicted molar refractivity (Wildman–Crippen MR) is 172 cm³/mol. The maximum absolute atomic E-state index is 14.0. The van der Waals surface area contributed by atoms with E-state index >= 15 is 0 Å². The molecule has 48 heavy (non-hydrogen) atoms. The number of nitrogens with zero attached hydrogens (tertiary/aromatic N) is 1. The Morgan fingerprint density at radius 2 is 1.62 bits per heavy atom. The largest absolute Gasteiger partial charge is 0.507 e. The number of aliphatic hydroxyl groups is 4. The second-order valence-electron chi connectivity index (χ2n) is 12.0. The number of ether oxygens (including phenoxy) is 3. The van der Waals surface area contributed by atoms with Gasteiger partial charge in [0.2, 0.25) is 12.1 Å². The van der Waals surface area contributed by atoms with Gasteiger partial charge in [0.25, 0.3) is 0 Å². The number of phenols is 1. The Balaban J connectivity index is 1.28. The summed E-state index contributed by atoms with van der Waals surface area (Å²) >= 11 is 0. The molecule has 0 radical (unpaired) electrons. The van der Waals surface area contributed by atoms with Crippen LogP contribution in [0.3, 0.4) is 0 Å². The maximum Gasteiger partial charge on any atom is 0.229 e. The van der Waals surface area contributed by atoms with Crippen molar-refractivity contribution in [2.24, 2.45) is 0 Å². The van der Waals surface area contributed by atoms with E-state index in [0.717, 1.165) is 5.56 Å². The van der Waals surface area contributed by atoms with Crippen LogP contribution < -0.4 is 15.2 Å². The standard InChI is InChI=1S/C36H36N2O10/c1-46-22-16-24-30(32(42)29-23(31(24)41)13-21(14-25(29)40)8-7-19-5-3-2-4-6-19)26(17-22)47-35-33(43)34(44)36(45,27(18-39)48-35)11-9-20-10-12-38-28(37)15-20/h2-6,10,12-17,27,33-35,39-40,43-45H,7-9,11,18H2,1H3,(H2,37,38). The first-order valence-electron chi connectivity index (χ1n) is 15.5. The number of carbonyl (C=O) groups excluding carboxylic acids is 2. The number of carbonyl (C=O) groups is 2. The van der Waals surface area contributed by atoms with E-state index in [2.05, 4.69) is 4.98 Å². The molecule has 0 saturated carbocycles. The summed E-state index contributed by atoms with van der Waals surface area (Å²) in [6.45, 7) is -0.750. The van der Waals surface area contributed by atoms with Crippen molar-refractivity contribution < 1.29 is 49.3 Å². The Morgan fingerprint density at radius 1 is 0.896 bits per heavy atom. The van der Waals surface area contributed by atoms with Gasteiger partial charge in [-0.1, -0.05) is 30.3 Å². The van der Waals surface area contributed by atoms with Gasteiger partial charge in [0.15, 0.2) is 5.78 Å². The SMILES string of the molecule is COc1cc(OC2OC(CO)C(O)(CCc3ccnc(N)c3)C(O)C2O)c2c(c1)C(=O)c1cc(CCc3ccccc3)cc(O)c1C2=O. The minimum absolute atomic E-state index is 0.0282. The molecular weight excluding hydrogens is 620 g/mol. The highest BCUT2D eigenvalue weighted by Gasteiger charge is 2.55. The van der Waals surface area contributed by atoms with Crippen LogP contribution in [0.4, 0.5) is 5.82 Å². The summed E-state index contributed by atoms with van der Waals surface area (Å²) in [5.74, 6) is -1.44. The van der Waals surface area contributed by atoms with Crippen LogP contribution in [0.5, 0.6) is 17.2 Å². The number of ketones is 2. The van der Waals surface area contributed by atoms with Gasteiger partial charge in [0, 0.05) is 23.4 Å². The van der Waals surface area contributed by atoms with Crippen molar-refractivity contribution in [3.63, 3.8) is 0 Å². The summed E-state index contributed by atoms with van der Waals surface area (Å²) in [6, 6.07) is 18.7. The van der Waals surface area contributed by atoms with Crippen LogP contribution in [0, 0.1) is 0 Å². The number of aryl methyl sites for hydroxylation is 3. The van der Waals surface area contributed by atoms with E-state index in [0.29, 0.717) is 24.0 Å². The average molecular weight is 657 g/mol. The fraction of sp³-hybridized carbons (Fsp3) is 0.306. The van der Waals surface area contributed by atoms with Crippen molar-refractivity contribution in [1.29, 1.82) is 0 Å². The van der Waals surface area contributed by atoms with Crippen molar-refractivity contribution >= 4 is 17.4 Å². The normalized spacial score (nSPS) is 23.4. The zero-order chi connectivity index (χ0) is 34.2. The summed E-state index contributed by atoms with van der Waals surface area (Å²) in [4.78, 5) is 31.8. The third-order valence-corrected chi connectivity index (χ3v) is 9.02. The number of nitrogen functional groups attached to an aromatic ring is 1. The van der Waals surface area contributed by atoms with E-state index in [9.17, 15) is 35.1 Å². The van der Waals surface area contributed by atoms with Crippen molar-refractivity contribution in [1.82, 2.24) is 4.98 Å². The van der Waals surface area contributed by atoms with Gasteiger partial charge in [-0.25, -0.2) is 4.98 Å². The number of hydrogen-bond acceptors (Lipinski definition) is 12. The Morgan fingerprint density at radius 3 is 2.33 bits per heavy atom. The average Bonchev–Trinajstić information content (AvgIpc) is 3.09. The van der Waals surface area contributed by atoms with Crippen molar-refractivity contribution in [3.05, 3.63) is 112 Å². The number of pyridine rings is 1. The smallest absolute Gasteiger partial charge is 0.229 e. The summed E-state index contributed by atoms with van der Waals surface area (Å²) in [5, 5.41) is 54.9. The maximum atomic E-state index is 14.0. The summed E-state index contributed by atoms with van der Waals surface area (Å²) in [5.41, 5.74) is 5.65. The molecule has 0 spiro atoms.